The van der Waals surface area contributed by atoms with Crippen molar-refractivity contribution in [2.45, 2.75) is 19.9 Å². The molecule has 0 spiro atoms. The van der Waals surface area contributed by atoms with Crippen LogP contribution >= 0.6 is 11.3 Å². The average Bonchev–Trinajstić information content (AvgIpc) is 3.36. The zero-order valence-electron chi connectivity index (χ0n) is 22.7. The summed E-state index contributed by atoms with van der Waals surface area (Å²) in [5.41, 5.74) is 3.03. The third-order valence-corrected chi connectivity index (χ3v) is 7.20. The van der Waals surface area contributed by atoms with Crippen molar-refractivity contribution in [2.75, 3.05) is 52.9 Å². The van der Waals surface area contributed by atoms with E-state index in [1.54, 1.807) is 61.8 Å². The molecule has 3 amide bonds. The summed E-state index contributed by atoms with van der Waals surface area (Å²) in [6.45, 7) is 3.30. The Bertz CT molecular complexity index is 1300. The van der Waals surface area contributed by atoms with Crippen LogP contribution in [0.15, 0.2) is 53.9 Å². The van der Waals surface area contributed by atoms with Crippen molar-refractivity contribution >= 4 is 29.0 Å². The molecular formula is C29H34N4O5S. The number of aryl methyl sites for hydroxylation is 1. The van der Waals surface area contributed by atoms with Crippen LogP contribution < -0.4 is 14.8 Å². The van der Waals surface area contributed by atoms with Crippen LogP contribution in [0.3, 0.4) is 0 Å². The smallest absolute Gasteiger partial charge is 0.322 e. The Kier molecular flexibility index (Phi) is 11.2. The largest absolute Gasteiger partial charge is 0.493 e. The second-order valence-electron chi connectivity index (χ2n) is 8.82. The van der Waals surface area contributed by atoms with Gasteiger partial charge in [0.1, 0.15) is 6.54 Å². The average molecular weight is 551 g/mol. The van der Waals surface area contributed by atoms with Gasteiger partial charge in [-0.25, -0.2) is 4.79 Å². The highest BCUT2D eigenvalue weighted by Gasteiger charge is 2.23. The first kappa shape index (κ1) is 29.5. The third kappa shape index (κ3) is 8.46. The minimum absolute atomic E-state index is 0.122. The Balaban J connectivity index is 1.77. The lowest BCUT2D eigenvalue weighted by Gasteiger charge is -2.28. The predicted octanol–water partition coefficient (Wildman–Crippen LogP) is 4.70. The molecular weight excluding hydrogens is 516 g/mol. The van der Waals surface area contributed by atoms with Crippen LogP contribution in [0.1, 0.15) is 21.6 Å². The van der Waals surface area contributed by atoms with E-state index in [9.17, 15) is 9.59 Å². The molecule has 0 aliphatic carbocycles. The molecule has 0 saturated heterocycles. The number of amides is 3. The quantitative estimate of drug-likeness (QED) is 0.331. The fourth-order valence-electron chi connectivity index (χ4n) is 3.92. The van der Waals surface area contributed by atoms with E-state index < -0.39 is 6.03 Å². The number of nitriles is 1. The van der Waals surface area contributed by atoms with Crippen molar-refractivity contribution < 1.29 is 23.8 Å². The van der Waals surface area contributed by atoms with E-state index in [0.29, 0.717) is 42.3 Å². The molecule has 10 heteroatoms. The van der Waals surface area contributed by atoms with Crippen LogP contribution in [0.25, 0.3) is 0 Å². The summed E-state index contributed by atoms with van der Waals surface area (Å²) >= 11 is 1.60. The molecule has 3 rings (SSSR count). The summed E-state index contributed by atoms with van der Waals surface area (Å²) in [6.07, 6.45) is 0.599. The molecule has 0 radical (unpaired) electrons. The lowest BCUT2D eigenvalue weighted by atomic mass is 10.1. The van der Waals surface area contributed by atoms with E-state index in [4.69, 9.17) is 19.5 Å². The fourth-order valence-corrected chi connectivity index (χ4v) is 4.84. The van der Waals surface area contributed by atoms with E-state index in [1.165, 1.54) is 4.90 Å². The van der Waals surface area contributed by atoms with Crippen molar-refractivity contribution in [1.29, 1.82) is 5.26 Å². The summed E-state index contributed by atoms with van der Waals surface area (Å²) in [5.74, 6) is 1.09. The molecule has 0 unspecified atom stereocenters. The predicted molar refractivity (Wildman–Crippen MR) is 151 cm³/mol. The van der Waals surface area contributed by atoms with E-state index >= 15 is 0 Å². The van der Waals surface area contributed by atoms with Gasteiger partial charge >= 0.3 is 6.03 Å². The molecule has 0 atom stereocenters. The molecule has 1 N–H and O–H groups in total. The lowest BCUT2D eigenvalue weighted by molar-refractivity contribution is -0.132. The molecule has 0 bridgehead atoms. The van der Waals surface area contributed by atoms with Gasteiger partial charge in [-0.2, -0.15) is 5.26 Å². The number of thiophene rings is 1. The van der Waals surface area contributed by atoms with Crippen molar-refractivity contribution in [2.24, 2.45) is 0 Å². The third-order valence-electron chi connectivity index (χ3n) is 6.20. The Morgan fingerprint density at radius 1 is 1.00 bits per heavy atom. The molecule has 3 aromatic rings. The minimum atomic E-state index is -0.442. The van der Waals surface area contributed by atoms with Crippen LogP contribution in [0.4, 0.5) is 10.5 Å². The molecule has 1 heterocycles. The summed E-state index contributed by atoms with van der Waals surface area (Å²) in [6, 6.07) is 16.0. The Morgan fingerprint density at radius 3 is 2.46 bits per heavy atom. The maximum atomic E-state index is 13.6. The van der Waals surface area contributed by atoms with Crippen molar-refractivity contribution in [3.8, 4) is 17.6 Å². The van der Waals surface area contributed by atoms with Crippen molar-refractivity contribution in [3.63, 3.8) is 0 Å². The minimum Gasteiger partial charge on any atom is -0.493 e. The van der Waals surface area contributed by atoms with Gasteiger partial charge in [0.05, 0.1) is 39.0 Å². The first-order valence-electron chi connectivity index (χ1n) is 12.4. The monoisotopic (exact) mass is 550 g/mol. The number of nitrogens with one attached hydrogen (secondary N) is 1. The highest BCUT2D eigenvalue weighted by molar-refractivity contribution is 7.10. The second-order valence-corrected chi connectivity index (χ2v) is 9.82. The number of methoxy groups -OCH3 is 3. The molecule has 0 fully saturated rings. The molecule has 2 aromatic carbocycles. The topological polar surface area (TPSA) is 104 Å². The first-order chi connectivity index (χ1) is 18.9. The van der Waals surface area contributed by atoms with Gasteiger partial charge in [-0.3, -0.25) is 4.79 Å². The molecule has 1 aromatic heterocycles. The van der Waals surface area contributed by atoms with Crippen LogP contribution in [-0.2, 0) is 22.5 Å². The number of hydrogen-bond donors (Lipinski definition) is 1. The molecule has 0 aliphatic heterocycles. The summed E-state index contributed by atoms with van der Waals surface area (Å²) in [5, 5.41) is 14.0. The van der Waals surface area contributed by atoms with Crippen LogP contribution in [-0.4, -0.2) is 69.3 Å². The molecule has 0 saturated carbocycles. The van der Waals surface area contributed by atoms with E-state index in [-0.39, 0.29) is 25.6 Å². The zero-order valence-corrected chi connectivity index (χ0v) is 23.5. The molecule has 0 aliphatic rings. The van der Waals surface area contributed by atoms with E-state index in [1.807, 2.05) is 36.6 Å². The number of carbonyl (C=O) groups is 2. The summed E-state index contributed by atoms with van der Waals surface area (Å²) in [7, 11) is 4.73. The van der Waals surface area contributed by atoms with Crippen LogP contribution in [0.2, 0.25) is 0 Å². The van der Waals surface area contributed by atoms with Crippen molar-refractivity contribution in [3.05, 3.63) is 75.5 Å². The van der Waals surface area contributed by atoms with Gasteiger partial charge in [0.15, 0.2) is 11.5 Å². The van der Waals surface area contributed by atoms with Gasteiger partial charge in [-0.1, -0.05) is 12.1 Å². The number of urea groups is 1. The first-order valence-corrected chi connectivity index (χ1v) is 13.3. The maximum absolute atomic E-state index is 13.6. The van der Waals surface area contributed by atoms with E-state index in [2.05, 4.69) is 11.4 Å². The zero-order chi connectivity index (χ0) is 28.2. The van der Waals surface area contributed by atoms with Crippen LogP contribution in [0.5, 0.6) is 11.5 Å². The summed E-state index contributed by atoms with van der Waals surface area (Å²) < 4.78 is 16.0. The standard InChI is InChI=1S/C29H34N4O5S/c1-21-11-15-39-27(21)19-32(12-10-22-8-9-25(37-3)26(17-22)38-4)28(34)20-33(13-14-36-2)29(35)31-24-7-5-6-23(16-24)18-30/h5-9,11,15-17H,10,12-14,19-20H2,1-4H3,(H,31,35). The normalized spacial score (nSPS) is 10.4. The SMILES string of the molecule is COCCN(CC(=O)N(CCc1ccc(OC)c(OC)c1)Cc1sccc1C)C(=O)Nc1cccc(C#N)c1. The fraction of sp³-hybridized carbons (Fsp3) is 0.345. The van der Waals surface area contributed by atoms with Gasteiger partial charge < -0.3 is 29.3 Å². The number of anilines is 1. The van der Waals surface area contributed by atoms with Gasteiger partial charge in [0.2, 0.25) is 5.91 Å². The highest BCUT2D eigenvalue weighted by atomic mass is 32.1. The number of ether oxygens (including phenoxy) is 3. The van der Waals surface area contributed by atoms with Crippen molar-refractivity contribution in [1.82, 2.24) is 9.80 Å². The van der Waals surface area contributed by atoms with Gasteiger partial charge in [0.25, 0.3) is 0 Å². The van der Waals surface area contributed by atoms with E-state index in [0.717, 1.165) is 16.0 Å². The number of hydrogen-bond acceptors (Lipinski definition) is 7. The van der Waals surface area contributed by atoms with Gasteiger partial charge in [-0.15, -0.1) is 11.3 Å². The number of benzene rings is 2. The molecule has 39 heavy (non-hydrogen) atoms. The molecule has 9 nitrogen and oxygen atoms in total. The maximum Gasteiger partial charge on any atom is 0.322 e. The number of nitrogens with zero attached hydrogens (tertiary/aromatic N) is 3. The van der Waals surface area contributed by atoms with Gasteiger partial charge in [0, 0.05) is 30.8 Å². The number of carbonyl (C=O) groups excluding carboxylic acids is 2. The number of rotatable bonds is 13. The Labute approximate surface area is 233 Å². The Hall–Kier alpha value is -4.07. The van der Waals surface area contributed by atoms with Crippen LogP contribution in [0, 0.1) is 18.3 Å². The Morgan fingerprint density at radius 2 is 1.79 bits per heavy atom. The highest BCUT2D eigenvalue weighted by Crippen LogP contribution is 2.28. The summed E-state index contributed by atoms with van der Waals surface area (Å²) in [4.78, 5) is 31.1. The lowest BCUT2D eigenvalue weighted by Crippen LogP contribution is -2.46. The molecule has 206 valence electrons. The van der Waals surface area contributed by atoms with Gasteiger partial charge in [-0.05, 0) is 66.2 Å². The second kappa shape index (κ2) is 14.8.